The Balaban J connectivity index is 1.74. The average molecular weight is 457 g/mol. The number of fused-ring (bicyclic) bond motifs is 5. The molecule has 0 aliphatic heterocycles. The zero-order valence-corrected chi connectivity index (χ0v) is 21.1. The lowest BCUT2D eigenvalue weighted by atomic mass is 9.87. The summed E-state index contributed by atoms with van der Waals surface area (Å²) >= 11 is 1.96. The second-order valence-corrected chi connectivity index (χ2v) is 11.6. The molecule has 1 aliphatic carbocycles. The molecule has 5 aromatic rings. The van der Waals surface area contributed by atoms with Crippen molar-refractivity contribution in [2.75, 3.05) is 0 Å². The molecule has 0 saturated carbocycles. The van der Waals surface area contributed by atoms with Gasteiger partial charge in [-0.3, -0.25) is 0 Å². The van der Waals surface area contributed by atoms with Gasteiger partial charge in [-0.1, -0.05) is 91.4 Å². The van der Waals surface area contributed by atoms with Crippen LogP contribution in [0.5, 0.6) is 0 Å². The lowest BCUT2D eigenvalue weighted by molar-refractivity contribution is 0.393. The predicted molar refractivity (Wildman–Crippen MR) is 148 cm³/mol. The van der Waals surface area contributed by atoms with Crippen molar-refractivity contribution in [3.63, 3.8) is 0 Å². The highest BCUT2D eigenvalue weighted by atomic mass is 32.1. The third kappa shape index (κ3) is 3.54. The van der Waals surface area contributed by atoms with E-state index in [1.807, 2.05) is 11.3 Å². The number of benzene rings is 4. The van der Waals surface area contributed by atoms with Crippen molar-refractivity contribution in [3.8, 4) is 23.0 Å². The monoisotopic (exact) mass is 456 g/mol. The van der Waals surface area contributed by atoms with Gasteiger partial charge >= 0.3 is 0 Å². The summed E-state index contributed by atoms with van der Waals surface area (Å²) in [6.45, 7) is 9.07. The minimum absolute atomic E-state index is 0.248. The lowest BCUT2D eigenvalue weighted by Gasteiger charge is -2.15. The van der Waals surface area contributed by atoms with Gasteiger partial charge in [-0.05, 0) is 67.0 Å². The largest absolute Gasteiger partial charge is 0.135 e. The van der Waals surface area contributed by atoms with E-state index in [9.17, 15) is 0 Å². The van der Waals surface area contributed by atoms with Gasteiger partial charge in [0.1, 0.15) is 0 Å². The highest BCUT2D eigenvalue weighted by Gasteiger charge is 2.34. The van der Waals surface area contributed by atoms with Crippen molar-refractivity contribution < 1.29 is 0 Å². The Morgan fingerprint density at radius 1 is 0.735 bits per heavy atom. The molecule has 1 aliphatic rings. The molecule has 0 bridgehead atoms. The Labute approximate surface area is 206 Å². The molecule has 1 heterocycles. The summed E-state index contributed by atoms with van der Waals surface area (Å²) < 4.78 is 2.82. The molecule has 34 heavy (non-hydrogen) atoms. The normalized spacial score (nSPS) is 14.2. The van der Waals surface area contributed by atoms with E-state index in [2.05, 4.69) is 112 Å². The molecule has 0 saturated heterocycles. The predicted octanol–water partition coefficient (Wildman–Crippen LogP) is 8.86. The van der Waals surface area contributed by atoms with Gasteiger partial charge in [0.2, 0.25) is 0 Å². The topological polar surface area (TPSA) is 0 Å². The Hall–Kier alpha value is -3.34. The summed E-state index contributed by atoms with van der Waals surface area (Å²) in [5.41, 5.74) is 10.6. The van der Waals surface area contributed by atoms with Crippen LogP contribution in [0.4, 0.5) is 0 Å². The fourth-order valence-corrected chi connectivity index (χ4v) is 6.67. The summed E-state index contributed by atoms with van der Waals surface area (Å²) in [5.74, 6) is 7.23. The van der Waals surface area contributed by atoms with Gasteiger partial charge < -0.3 is 0 Å². The van der Waals surface area contributed by atoms with Crippen molar-refractivity contribution in [1.82, 2.24) is 0 Å². The minimum Gasteiger partial charge on any atom is -0.135 e. The van der Waals surface area contributed by atoms with Crippen molar-refractivity contribution in [3.05, 3.63) is 106 Å². The Morgan fingerprint density at radius 3 is 2.12 bits per heavy atom. The summed E-state index contributed by atoms with van der Waals surface area (Å²) in [5, 5.41) is 2.73. The summed E-state index contributed by atoms with van der Waals surface area (Å²) in [6, 6.07) is 26.5. The van der Waals surface area contributed by atoms with Crippen LogP contribution < -0.4 is 0 Å². The Morgan fingerprint density at radius 2 is 1.38 bits per heavy atom. The molecule has 1 heteroatoms. The molecule has 166 valence electrons. The number of aryl methyl sites for hydroxylation is 2. The van der Waals surface area contributed by atoms with E-state index in [-0.39, 0.29) is 5.41 Å². The molecule has 0 atom stereocenters. The van der Waals surface area contributed by atoms with Gasteiger partial charge in [0.25, 0.3) is 0 Å². The highest BCUT2D eigenvalue weighted by Crippen LogP contribution is 2.50. The molecule has 0 N–H and O–H groups in total. The van der Waals surface area contributed by atoms with E-state index in [1.54, 1.807) is 0 Å². The van der Waals surface area contributed by atoms with Crippen molar-refractivity contribution in [2.45, 2.75) is 40.5 Å². The second kappa shape index (κ2) is 7.86. The molecule has 0 amide bonds. The fraction of sp³-hybridized carbons (Fsp3) is 0.212. The maximum absolute atomic E-state index is 3.70. The number of rotatable bonds is 1. The third-order valence-corrected chi connectivity index (χ3v) is 8.30. The van der Waals surface area contributed by atoms with E-state index in [1.165, 1.54) is 59.1 Å². The molecule has 1 aromatic heterocycles. The van der Waals surface area contributed by atoms with Gasteiger partial charge in [0, 0.05) is 36.9 Å². The molecular weight excluding hydrogens is 428 g/mol. The van der Waals surface area contributed by atoms with Crippen LogP contribution in [0.3, 0.4) is 0 Å². The fourth-order valence-electron chi connectivity index (χ4n) is 5.39. The number of hydrogen-bond acceptors (Lipinski definition) is 1. The molecule has 0 unspecified atom stereocenters. The zero-order valence-electron chi connectivity index (χ0n) is 20.3. The van der Waals surface area contributed by atoms with Gasteiger partial charge in [-0.25, -0.2) is 0 Å². The summed E-state index contributed by atoms with van der Waals surface area (Å²) in [7, 11) is 0. The van der Waals surface area contributed by atoms with Crippen LogP contribution >= 0.6 is 11.3 Å². The quantitative estimate of drug-likeness (QED) is 0.221. The molecule has 0 spiro atoms. The minimum atomic E-state index is 0.248. The summed E-state index contributed by atoms with van der Waals surface area (Å²) in [6.07, 6.45) is 2.18. The SMILES string of the molecule is Cc1ccc(C#Cc2c3c(c4sc5ccccc5c4c2-c2ccc(C)cc2)CC(C)(C)C3)cc1. The Kier molecular flexibility index (Phi) is 4.91. The molecular formula is C33H28S. The first-order chi connectivity index (χ1) is 16.4. The zero-order chi connectivity index (χ0) is 23.4. The maximum Gasteiger partial charge on any atom is 0.0397 e. The third-order valence-electron chi connectivity index (χ3n) is 7.07. The van der Waals surface area contributed by atoms with Crippen LogP contribution in [-0.4, -0.2) is 0 Å². The standard InChI is InChI=1S/C33H28S/c1-21-9-13-23(14-10-21)15-18-25-27-19-33(3,4)20-28(27)32-31(26-7-5-6-8-29(26)34-32)30(25)24-16-11-22(2)12-17-24/h5-14,16-17H,19-20H2,1-4H3. The van der Waals surface area contributed by atoms with E-state index >= 15 is 0 Å². The number of hydrogen-bond donors (Lipinski definition) is 0. The van der Waals surface area contributed by atoms with Crippen LogP contribution in [0.15, 0.2) is 72.8 Å². The van der Waals surface area contributed by atoms with E-state index in [0.717, 1.165) is 18.4 Å². The second-order valence-electron chi connectivity index (χ2n) is 10.5. The first kappa shape index (κ1) is 21.2. The van der Waals surface area contributed by atoms with Gasteiger partial charge in [-0.15, -0.1) is 11.3 Å². The van der Waals surface area contributed by atoms with Crippen LogP contribution in [0.2, 0.25) is 0 Å². The van der Waals surface area contributed by atoms with Crippen LogP contribution in [-0.2, 0) is 12.8 Å². The molecule has 6 rings (SSSR count). The van der Waals surface area contributed by atoms with Crippen LogP contribution in [0, 0.1) is 31.1 Å². The summed E-state index contributed by atoms with van der Waals surface area (Å²) in [4.78, 5) is 0. The molecule has 4 aromatic carbocycles. The van der Waals surface area contributed by atoms with Crippen LogP contribution in [0.25, 0.3) is 31.3 Å². The van der Waals surface area contributed by atoms with Gasteiger partial charge in [-0.2, -0.15) is 0 Å². The molecule has 0 radical (unpaired) electrons. The van der Waals surface area contributed by atoms with Crippen LogP contribution in [0.1, 0.15) is 47.2 Å². The average Bonchev–Trinajstić information content (AvgIpc) is 3.36. The van der Waals surface area contributed by atoms with Gasteiger partial charge in [0.15, 0.2) is 0 Å². The smallest absolute Gasteiger partial charge is 0.0397 e. The van der Waals surface area contributed by atoms with E-state index < -0.39 is 0 Å². The maximum atomic E-state index is 3.70. The number of thiophene rings is 1. The van der Waals surface area contributed by atoms with Crippen molar-refractivity contribution in [1.29, 1.82) is 0 Å². The van der Waals surface area contributed by atoms with Gasteiger partial charge in [0.05, 0.1) is 0 Å². The van der Waals surface area contributed by atoms with E-state index in [0.29, 0.717) is 0 Å². The van der Waals surface area contributed by atoms with Crippen molar-refractivity contribution >= 4 is 31.5 Å². The Bertz CT molecular complexity index is 1610. The first-order valence-corrected chi connectivity index (χ1v) is 12.9. The molecule has 0 fully saturated rings. The highest BCUT2D eigenvalue weighted by molar-refractivity contribution is 7.26. The van der Waals surface area contributed by atoms with E-state index in [4.69, 9.17) is 0 Å². The lowest BCUT2D eigenvalue weighted by Crippen LogP contribution is -2.09. The van der Waals surface area contributed by atoms with Crippen molar-refractivity contribution in [2.24, 2.45) is 5.41 Å². The first-order valence-electron chi connectivity index (χ1n) is 12.0. The molecule has 0 nitrogen and oxygen atoms in total.